The summed E-state index contributed by atoms with van der Waals surface area (Å²) in [6, 6.07) is 82.8. The smallest absolute Gasteiger partial charge is 0 e. The van der Waals surface area contributed by atoms with Crippen molar-refractivity contribution in [3.8, 4) is 67.2 Å². The van der Waals surface area contributed by atoms with Gasteiger partial charge in [0.15, 0.2) is 17.3 Å². The van der Waals surface area contributed by atoms with E-state index in [9.17, 15) is 29.7 Å². The van der Waals surface area contributed by atoms with Crippen LogP contribution in [0, 0.1) is 93.2 Å². The fraction of sp³-hybridized carbons (Fsp3) is 0.395. The van der Waals surface area contributed by atoms with Gasteiger partial charge >= 0.3 is 513 Å². The zero-order valence-electron chi connectivity index (χ0n) is 86.4. The molecule has 0 atom stereocenters. The molecule has 0 saturated carbocycles. The number of hydrogen-bond acceptors (Lipinski definition) is 9. The second kappa shape index (κ2) is 53.0. The van der Waals surface area contributed by atoms with Gasteiger partial charge in [0.25, 0.3) is 0 Å². The van der Waals surface area contributed by atoms with Crippen LogP contribution in [-0.2, 0) is 74.7 Å². The molecule has 0 fully saturated rings. The van der Waals surface area contributed by atoms with Crippen LogP contribution in [0.1, 0.15) is 208 Å². The van der Waals surface area contributed by atoms with E-state index in [2.05, 4.69) is 312 Å². The van der Waals surface area contributed by atoms with Crippen LogP contribution in [0.15, 0.2) is 236 Å². The molecule has 0 bridgehead atoms. The molecule has 9 nitrogen and oxygen atoms in total. The van der Waals surface area contributed by atoms with Crippen LogP contribution in [0.25, 0.3) is 99.9 Å². The first-order valence-corrected chi connectivity index (χ1v) is 69.9. The number of hydrogen-bond donors (Lipinski definition) is 3. The maximum atomic E-state index is 12.2. The van der Waals surface area contributed by atoms with E-state index in [0.29, 0.717) is 0 Å². The maximum Gasteiger partial charge on any atom is 0 e. The summed E-state index contributed by atoms with van der Waals surface area (Å²) in [5.41, 5.74) is 22.7. The first-order valence-electron chi connectivity index (χ1n) is 47.9. The van der Waals surface area contributed by atoms with E-state index in [4.69, 9.17) is 15.0 Å². The predicted molar refractivity (Wildman–Crippen MR) is 573 cm³/mol. The van der Waals surface area contributed by atoms with Crippen LogP contribution in [0.5, 0.6) is 0 Å². The summed E-state index contributed by atoms with van der Waals surface area (Å²) < 4.78 is 4.53. The SMILES string of the molecule is CCC(C)(C)C(=O)C=C(O)C(C)(C)CC.CCC(C)(CC)C(=O)C=C(O)C(C)(CC)CC.CCC(CC)C(=O)C=C(O)C(CC)CC.Cc1[c-]c(-c2cc(-c3ccccc3)c3c[c]([Ge]([CH3])([CH3])[CH3])ccc3n2)cc(C)c1.Cc1[c-]c(-c2cc(-c3ccccc3)c3c[c]([Ge]([CH3])([CH3])[CH3])ccc3n2)cc(C)c1.Cc1[c-]c(-c2cc(-c3ccccc3)c3c[c]([Ge]([CH3])([CH3])[CH3])ccc3n2)cc(C)c1.[Ir].[Ir].[Ir]. The zero-order valence-corrected chi connectivity index (χ0v) is 99.9. The van der Waals surface area contributed by atoms with Gasteiger partial charge in [0.05, 0.1) is 5.76 Å². The van der Waals surface area contributed by atoms with Gasteiger partial charge in [0.1, 0.15) is 11.5 Å². The van der Waals surface area contributed by atoms with E-state index >= 15 is 0 Å². The van der Waals surface area contributed by atoms with Crippen LogP contribution >= 0.6 is 0 Å². The fourth-order valence-corrected chi connectivity index (χ4v) is 22.8. The molecule has 15 heteroatoms. The second-order valence-corrected chi connectivity index (χ2v) is 72.7. The standard InChI is InChI=1S/3C26H26GeN.C15H28O2.2C13H24O2.3Ir/c3*1-18-13-19(2)15-21(14-18)26-17-23(20-9-7-6-8-10-20)24-16-22(27(3,4)5)11-12-25(24)28-26;1-7-14(5,8-2)12(16)11-13(17)15(6,9-3)10-4;1-7-12(3,4)10(14)9-11(15)13(5,6)8-2;1-5-10(6-2)12(14)9-13(15)11(7-3)8-4;;;/h3*6-14,16-17H,1-5H3;11,16H,7-10H2,1-6H3;9,14H,7-8H2,1-6H3;9-11,14H,5-8H2,1-4H3;;;/q3*-1;;;;;;. The van der Waals surface area contributed by atoms with E-state index in [0.717, 1.165) is 131 Å². The number of aliphatic hydroxyl groups is 3. The van der Waals surface area contributed by atoms with Gasteiger partial charge in [-0.15, -0.1) is 0 Å². The number of fused-ring (bicyclic) bond motifs is 3. The van der Waals surface area contributed by atoms with Gasteiger partial charge in [-0.3, -0.25) is 14.4 Å². The summed E-state index contributed by atoms with van der Waals surface area (Å²) in [7, 11) is 0. The number of benzene rings is 9. The third kappa shape index (κ3) is 33.1. The van der Waals surface area contributed by atoms with Gasteiger partial charge in [0, 0.05) is 112 Å². The van der Waals surface area contributed by atoms with Crippen molar-refractivity contribution in [1.82, 2.24) is 15.0 Å². The van der Waals surface area contributed by atoms with Crippen molar-refractivity contribution in [3.63, 3.8) is 0 Å². The summed E-state index contributed by atoms with van der Waals surface area (Å²) in [4.78, 5) is 50.8. The molecule has 0 saturated heterocycles. The van der Waals surface area contributed by atoms with Crippen molar-refractivity contribution < 1.29 is 90.0 Å². The summed E-state index contributed by atoms with van der Waals surface area (Å²) in [5.74, 6) is 23.0. The molecule has 12 aromatic rings. The number of aryl methyl sites for hydroxylation is 6. The van der Waals surface area contributed by atoms with E-state index in [-0.39, 0.29) is 128 Å². The Morgan fingerprint density at radius 1 is 0.336 bits per heavy atom. The molecule has 3 N–H and O–H groups in total. The molecule has 3 heterocycles. The molecule has 0 aliphatic heterocycles. The van der Waals surface area contributed by atoms with Crippen LogP contribution < -0.4 is 13.2 Å². The molecule has 12 rings (SSSR count). The average Bonchev–Trinajstić information content (AvgIpc) is 0.774. The molecular weight excluding hydrogens is 2360 g/mol. The Bertz CT molecular complexity index is 5450. The molecule has 0 aliphatic rings. The number of allylic oxidation sites excluding steroid dienone is 6. The van der Waals surface area contributed by atoms with Crippen molar-refractivity contribution >= 4 is 103 Å². The van der Waals surface area contributed by atoms with E-state index in [1.165, 1.54) is 97.6 Å². The fourth-order valence-electron chi connectivity index (χ4n) is 15.5. The zero-order chi connectivity index (χ0) is 97.5. The molecule has 9 aromatic carbocycles. The first-order chi connectivity index (χ1) is 61.5. The summed E-state index contributed by atoms with van der Waals surface area (Å²) in [5, 5.41) is 33.5. The quantitative estimate of drug-likeness (QED) is 0.0188. The molecule has 0 aliphatic carbocycles. The Morgan fingerprint density at radius 2 is 0.619 bits per heavy atom. The molecule has 0 spiro atoms. The van der Waals surface area contributed by atoms with Gasteiger partial charge in [0.2, 0.25) is 0 Å². The van der Waals surface area contributed by atoms with Crippen LogP contribution in [0.4, 0.5) is 0 Å². The Kier molecular flexibility index (Phi) is 46.9. The Labute approximate surface area is 856 Å². The molecule has 723 valence electrons. The normalized spacial score (nSPS) is 12.1. The summed E-state index contributed by atoms with van der Waals surface area (Å²) in [6.45, 7) is 44.5. The Morgan fingerprint density at radius 3 is 0.873 bits per heavy atom. The van der Waals surface area contributed by atoms with Gasteiger partial charge in [-0.25, -0.2) is 0 Å². The first kappa shape index (κ1) is 119. The molecule has 134 heavy (non-hydrogen) atoms. The Hall–Kier alpha value is -7.58. The van der Waals surface area contributed by atoms with Crippen LogP contribution in [-0.4, -0.2) is 87.4 Å². The largest absolute Gasteiger partial charge is 0 e. The molecule has 3 radical (unpaired) electrons. The Balaban J connectivity index is 0.000000342. The molecular formula is C119H154Ge3Ir3N3O6-3. The monoisotopic (exact) mass is 2520 g/mol. The number of carbonyl (C=O) groups is 3. The number of aromatic nitrogens is 3. The van der Waals surface area contributed by atoms with Gasteiger partial charge in [-0.2, -0.15) is 0 Å². The van der Waals surface area contributed by atoms with Crippen molar-refractivity contribution in [3.05, 3.63) is 287 Å². The van der Waals surface area contributed by atoms with Crippen molar-refractivity contribution in [2.24, 2.45) is 33.5 Å². The molecule has 0 unspecified atom stereocenters. The third-order valence-electron chi connectivity index (χ3n) is 26.6. The van der Waals surface area contributed by atoms with Crippen LogP contribution in [0.2, 0.25) is 51.8 Å². The number of carbonyl (C=O) groups excluding carboxylic acids is 3. The minimum absolute atomic E-state index is 0. The molecule has 0 amide bonds. The van der Waals surface area contributed by atoms with Crippen LogP contribution in [0.3, 0.4) is 0 Å². The summed E-state index contributed by atoms with van der Waals surface area (Å²) in [6.07, 6.45) is 12.7. The van der Waals surface area contributed by atoms with E-state index in [1.807, 2.05) is 111 Å². The second-order valence-electron chi connectivity index (χ2n) is 40.8. The summed E-state index contributed by atoms with van der Waals surface area (Å²) >= 11 is -5.78. The van der Waals surface area contributed by atoms with Crippen molar-refractivity contribution in [1.29, 1.82) is 0 Å². The number of rotatable bonds is 28. The van der Waals surface area contributed by atoms with Crippen molar-refractivity contribution in [2.45, 2.75) is 268 Å². The van der Waals surface area contributed by atoms with E-state index < -0.39 is 39.8 Å². The number of pyridine rings is 3. The minimum Gasteiger partial charge on any atom is 0 e. The number of nitrogens with zero attached hydrogens (tertiary/aromatic N) is 3. The maximum absolute atomic E-state index is 12.2. The van der Waals surface area contributed by atoms with Gasteiger partial charge in [-0.05, 0) is 64.2 Å². The topological polar surface area (TPSA) is 151 Å². The number of aliphatic hydroxyl groups excluding tert-OH is 3. The van der Waals surface area contributed by atoms with Crippen molar-refractivity contribution in [2.75, 3.05) is 0 Å². The average molecular weight is 2520 g/mol. The number of ketones is 3. The third-order valence-corrected chi connectivity index (χ3v) is 39.5. The minimum atomic E-state index is -1.93. The van der Waals surface area contributed by atoms with Gasteiger partial charge < -0.3 is 15.3 Å². The molecule has 3 aromatic heterocycles. The van der Waals surface area contributed by atoms with E-state index in [1.54, 1.807) is 0 Å². The van der Waals surface area contributed by atoms with Gasteiger partial charge in [-0.1, -0.05) is 111 Å². The predicted octanol–water partition coefficient (Wildman–Crippen LogP) is 32.0.